The zero-order chi connectivity index (χ0) is 27.9. The second kappa shape index (κ2) is 10.7. The molecule has 39 heavy (non-hydrogen) atoms. The molecule has 0 aliphatic carbocycles. The standard InChI is InChI=1S/C28H27ClN2O7S/c1-15-12-20-17(13-19(15)29)24(32)18(14-38-20)23-21-22(28(30-23,27(35)36)8-11-39-2)26(34)31(25(21)33)9-10-37-16-6-4-3-5-7-16/h3-7,12-14,21-23,30H,8-11H2,1-2H3,(H,35,36). The number of ether oxygens (including phenoxy) is 1. The van der Waals surface area contributed by atoms with Crippen LogP contribution in [0.1, 0.15) is 23.6 Å². The van der Waals surface area contributed by atoms with Crippen LogP contribution in [0.25, 0.3) is 11.0 Å². The van der Waals surface area contributed by atoms with E-state index < -0.39 is 46.6 Å². The fourth-order valence-electron chi connectivity index (χ4n) is 5.60. The number of likely N-dealkylation sites (tertiary alicyclic amines) is 1. The molecule has 2 saturated heterocycles. The van der Waals surface area contributed by atoms with E-state index in [1.165, 1.54) is 24.1 Å². The summed E-state index contributed by atoms with van der Waals surface area (Å²) in [5, 5.41) is 14.1. The Morgan fingerprint density at radius 3 is 2.64 bits per heavy atom. The van der Waals surface area contributed by atoms with Crippen molar-refractivity contribution in [3.8, 4) is 5.75 Å². The van der Waals surface area contributed by atoms with E-state index in [0.29, 0.717) is 22.1 Å². The number of carboxylic acid groups (broad SMARTS) is 1. The Kier molecular flexibility index (Phi) is 7.45. The lowest BCUT2D eigenvalue weighted by Gasteiger charge is -2.31. The third kappa shape index (κ3) is 4.60. The lowest BCUT2D eigenvalue weighted by Crippen LogP contribution is -2.56. The van der Waals surface area contributed by atoms with Crippen molar-refractivity contribution in [3.63, 3.8) is 0 Å². The molecule has 5 rings (SSSR count). The van der Waals surface area contributed by atoms with Crippen molar-refractivity contribution < 1.29 is 28.6 Å². The monoisotopic (exact) mass is 570 g/mol. The molecule has 0 saturated carbocycles. The molecule has 0 spiro atoms. The third-order valence-corrected chi connectivity index (χ3v) is 8.59. The molecule has 4 unspecified atom stereocenters. The van der Waals surface area contributed by atoms with Crippen LogP contribution >= 0.6 is 23.4 Å². The third-order valence-electron chi connectivity index (χ3n) is 7.57. The largest absolute Gasteiger partial charge is 0.492 e. The van der Waals surface area contributed by atoms with Gasteiger partial charge in [0.2, 0.25) is 11.8 Å². The van der Waals surface area contributed by atoms with Gasteiger partial charge in [0.25, 0.3) is 0 Å². The summed E-state index contributed by atoms with van der Waals surface area (Å²) in [5.41, 5.74) is -1.06. The lowest BCUT2D eigenvalue weighted by molar-refractivity contribution is -0.151. The summed E-state index contributed by atoms with van der Waals surface area (Å²) in [6.07, 6.45) is 3.16. The smallest absolute Gasteiger partial charge is 0.324 e. The van der Waals surface area contributed by atoms with Gasteiger partial charge in [-0.2, -0.15) is 11.8 Å². The minimum absolute atomic E-state index is 0.0415. The fourth-order valence-corrected chi connectivity index (χ4v) is 6.29. The number of aryl methyl sites for hydroxylation is 1. The molecule has 9 nitrogen and oxygen atoms in total. The maximum atomic E-state index is 13.7. The fraction of sp³-hybridized carbons (Fsp3) is 0.357. The van der Waals surface area contributed by atoms with Crippen molar-refractivity contribution in [2.75, 3.05) is 25.2 Å². The summed E-state index contributed by atoms with van der Waals surface area (Å²) >= 11 is 7.70. The summed E-state index contributed by atoms with van der Waals surface area (Å²) in [7, 11) is 0. The zero-order valence-electron chi connectivity index (χ0n) is 21.3. The van der Waals surface area contributed by atoms with Crippen molar-refractivity contribution in [3.05, 3.63) is 75.1 Å². The van der Waals surface area contributed by atoms with E-state index in [4.69, 9.17) is 20.8 Å². The first-order chi connectivity index (χ1) is 18.7. The van der Waals surface area contributed by atoms with Gasteiger partial charge in [-0.3, -0.25) is 29.4 Å². The highest BCUT2D eigenvalue weighted by atomic mass is 35.5. The topological polar surface area (TPSA) is 126 Å². The van der Waals surface area contributed by atoms with E-state index in [1.807, 2.05) is 12.3 Å². The minimum atomic E-state index is -1.74. The maximum absolute atomic E-state index is 13.7. The normalized spacial score (nSPS) is 24.4. The molecular formula is C28H27ClN2O7S. The molecule has 3 heterocycles. The van der Waals surface area contributed by atoms with Gasteiger partial charge in [0.1, 0.15) is 23.5 Å². The van der Waals surface area contributed by atoms with Crippen molar-refractivity contribution in [1.29, 1.82) is 0 Å². The van der Waals surface area contributed by atoms with Gasteiger partial charge in [-0.05, 0) is 55.2 Å². The quantitative estimate of drug-likeness (QED) is 0.371. The number of amides is 2. The zero-order valence-corrected chi connectivity index (χ0v) is 22.9. The highest BCUT2D eigenvalue weighted by Crippen LogP contribution is 2.50. The number of nitrogens with zero attached hydrogens (tertiary/aromatic N) is 1. The summed E-state index contributed by atoms with van der Waals surface area (Å²) in [6, 6.07) is 11.1. The van der Waals surface area contributed by atoms with Gasteiger partial charge < -0.3 is 14.3 Å². The highest BCUT2D eigenvalue weighted by molar-refractivity contribution is 7.98. The van der Waals surface area contributed by atoms with Crippen molar-refractivity contribution in [1.82, 2.24) is 10.2 Å². The number of halogens is 1. The van der Waals surface area contributed by atoms with Gasteiger partial charge in [0.15, 0.2) is 5.43 Å². The summed E-state index contributed by atoms with van der Waals surface area (Å²) in [4.78, 5) is 54.9. The average Bonchev–Trinajstić information content (AvgIpc) is 3.39. The number of imide groups is 1. The molecule has 0 bridgehead atoms. The molecule has 2 N–H and O–H groups in total. The van der Waals surface area contributed by atoms with Gasteiger partial charge in [0, 0.05) is 5.02 Å². The Labute approximate surface area is 233 Å². The molecule has 11 heteroatoms. The van der Waals surface area contributed by atoms with Gasteiger partial charge in [-0.1, -0.05) is 29.8 Å². The Hall–Kier alpha value is -3.34. The first kappa shape index (κ1) is 27.2. The van der Waals surface area contributed by atoms with Crippen LogP contribution in [0.2, 0.25) is 5.02 Å². The molecule has 0 radical (unpaired) electrons. The average molecular weight is 571 g/mol. The van der Waals surface area contributed by atoms with E-state index in [1.54, 1.807) is 37.3 Å². The summed E-state index contributed by atoms with van der Waals surface area (Å²) < 4.78 is 11.4. The maximum Gasteiger partial charge on any atom is 0.324 e. The molecule has 1 aromatic heterocycles. The van der Waals surface area contributed by atoms with E-state index in [9.17, 15) is 24.3 Å². The molecular weight excluding hydrogens is 544 g/mol. The molecule has 2 aromatic carbocycles. The predicted molar refractivity (Wildman–Crippen MR) is 147 cm³/mol. The van der Waals surface area contributed by atoms with E-state index >= 15 is 0 Å². The molecule has 4 atom stereocenters. The van der Waals surface area contributed by atoms with Crippen molar-refractivity contribution in [2.45, 2.75) is 24.9 Å². The van der Waals surface area contributed by atoms with Crippen LogP contribution < -0.4 is 15.5 Å². The molecule has 2 amide bonds. The number of carboxylic acids is 1. The number of thioether (sulfide) groups is 1. The number of hydrogen-bond donors (Lipinski definition) is 2. The number of rotatable bonds is 9. The number of para-hydroxylation sites is 1. The van der Waals surface area contributed by atoms with Crippen LogP contribution in [0.3, 0.4) is 0 Å². The van der Waals surface area contributed by atoms with E-state index in [-0.39, 0.29) is 30.5 Å². The second-order valence-corrected chi connectivity index (χ2v) is 11.1. The van der Waals surface area contributed by atoms with Crippen LogP contribution in [-0.2, 0) is 14.4 Å². The lowest BCUT2D eigenvalue weighted by atomic mass is 9.78. The first-order valence-corrected chi connectivity index (χ1v) is 14.2. The van der Waals surface area contributed by atoms with Crippen molar-refractivity contribution >= 4 is 52.1 Å². The molecule has 204 valence electrons. The molecule has 2 fully saturated rings. The van der Waals surface area contributed by atoms with Gasteiger partial charge >= 0.3 is 5.97 Å². The number of nitrogens with one attached hydrogen (secondary N) is 1. The van der Waals surface area contributed by atoms with Crippen LogP contribution in [0.4, 0.5) is 0 Å². The van der Waals surface area contributed by atoms with E-state index in [2.05, 4.69) is 5.32 Å². The second-order valence-electron chi connectivity index (χ2n) is 9.75. The minimum Gasteiger partial charge on any atom is -0.492 e. The molecule has 2 aliphatic heterocycles. The van der Waals surface area contributed by atoms with Crippen LogP contribution in [0, 0.1) is 18.8 Å². The number of carbonyl (C=O) groups excluding carboxylic acids is 2. The molecule has 2 aliphatic rings. The summed E-state index contributed by atoms with van der Waals surface area (Å²) in [5.74, 6) is -3.69. The highest BCUT2D eigenvalue weighted by Gasteiger charge is 2.68. The van der Waals surface area contributed by atoms with Gasteiger partial charge in [-0.15, -0.1) is 0 Å². The molecule has 3 aromatic rings. The van der Waals surface area contributed by atoms with E-state index in [0.717, 1.165) is 10.5 Å². The Morgan fingerprint density at radius 2 is 1.95 bits per heavy atom. The Morgan fingerprint density at radius 1 is 1.21 bits per heavy atom. The first-order valence-electron chi connectivity index (χ1n) is 12.4. The predicted octanol–water partition coefficient (Wildman–Crippen LogP) is 3.66. The number of hydrogen-bond acceptors (Lipinski definition) is 8. The Balaban J connectivity index is 1.54. The number of carbonyl (C=O) groups is 3. The Bertz CT molecular complexity index is 1510. The SMILES string of the molecule is CSCCC1(C(=O)O)NC(c2coc3cc(C)c(Cl)cc3c2=O)C2C(=O)N(CCOc3ccccc3)C(=O)C21. The summed E-state index contributed by atoms with van der Waals surface area (Å²) in [6.45, 7) is 1.77. The number of aliphatic carboxylic acids is 1. The van der Waals surface area contributed by atoms with Crippen LogP contribution in [0.15, 0.2) is 57.9 Å². The van der Waals surface area contributed by atoms with Gasteiger partial charge in [0.05, 0.1) is 41.6 Å². The van der Waals surface area contributed by atoms with Gasteiger partial charge in [-0.25, -0.2) is 0 Å². The number of fused-ring (bicyclic) bond motifs is 2. The van der Waals surface area contributed by atoms with Crippen molar-refractivity contribution in [2.24, 2.45) is 11.8 Å². The van der Waals surface area contributed by atoms with Crippen LogP contribution in [-0.4, -0.2) is 58.5 Å². The van der Waals surface area contributed by atoms with Crippen LogP contribution in [0.5, 0.6) is 5.75 Å². The number of benzene rings is 2.